The number of nitrogens with zero attached hydrogens (tertiary/aromatic N) is 2. The molecule has 1 atom stereocenters. The van der Waals surface area contributed by atoms with Gasteiger partial charge in [-0.1, -0.05) is 18.5 Å². The molecule has 0 aliphatic carbocycles. The molecule has 1 rings (SSSR count). The number of carbonyl (C=O) groups is 1. The number of hydrogen-bond acceptors (Lipinski definition) is 3. The van der Waals surface area contributed by atoms with Gasteiger partial charge in [-0.05, 0) is 20.3 Å². The van der Waals surface area contributed by atoms with Crippen molar-refractivity contribution >= 4 is 17.4 Å². The van der Waals surface area contributed by atoms with E-state index >= 15 is 0 Å². The summed E-state index contributed by atoms with van der Waals surface area (Å²) in [5.74, 6) is -0.123. The molecule has 0 saturated heterocycles. The molecule has 0 spiro atoms. The fourth-order valence-electron chi connectivity index (χ4n) is 1.48. The molecular formula is C11H17ClN2O2. The smallest absolute Gasteiger partial charge is 0.213 e. The molecule has 0 aromatic carbocycles. The summed E-state index contributed by atoms with van der Waals surface area (Å²) in [4.78, 5) is 12.3. The molecule has 90 valence electrons. The van der Waals surface area contributed by atoms with E-state index in [0.29, 0.717) is 23.7 Å². The maximum absolute atomic E-state index is 12.3. The lowest BCUT2D eigenvalue weighted by Gasteiger charge is -2.25. The van der Waals surface area contributed by atoms with Crippen molar-refractivity contribution in [2.75, 3.05) is 7.11 Å². The zero-order chi connectivity index (χ0) is 12.3. The largest absolute Gasteiger partial charge is 0.370 e. The standard InChI is InChI=1S/C11H17ClN2O2/c1-5-11(3,16-4)10(15)9-8(12)7-13-14(9)6-2/h7H,5-6H2,1-4H3. The van der Waals surface area contributed by atoms with Gasteiger partial charge in [0.2, 0.25) is 5.78 Å². The van der Waals surface area contributed by atoms with Crippen LogP contribution in [0.5, 0.6) is 0 Å². The minimum atomic E-state index is -0.837. The highest BCUT2D eigenvalue weighted by atomic mass is 35.5. The second-order valence-electron chi connectivity index (χ2n) is 3.77. The fraction of sp³-hybridized carbons (Fsp3) is 0.636. The maximum atomic E-state index is 12.3. The number of rotatable bonds is 5. The Hall–Kier alpha value is -0.870. The Morgan fingerprint density at radius 2 is 2.25 bits per heavy atom. The topological polar surface area (TPSA) is 44.1 Å². The summed E-state index contributed by atoms with van der Waals surface area (Å²) in [6.45, 7) is 6.19. The summed E-state index contributed by atoms with van der Waals surface area (Å²) in [5.41, 5.74) is -0.410. The monoisotopic (exact) mass is 244 g/mol. The van der Waals surface area contributed by atoms with Gasteiger partial charge in [-0.25, -0.2) is 0 Å². The third kappa shape index (κ3) is 2.13. The first-order valence-electron chi connectivity index (χ1n) is 5.31. The summed E-state index contributed by atoms with van der Waals surface area (Å²) in [5, 5.41) is 4.42. The molecule has 1 heterocycles. The zero-order valence-electron chi connectivity index (χ0n) is 10.1. The highest BCUT2D eigenvalue weighted by Gasteiger charge is 2.35. The maximum Gasteiger partial charge on any atom is 0.213 e. The van der Waals surface area contributed by atoms with Gasteiger partial charge in [-0.2, -0.15) is 5.10 Å². The van der Waals surface area contributed by atoms with Gasteiger partial charge in [-0.15, -0.1) is 0 Å². The van der Waals surface area contributed by atoms with Gasteiger partial charge in [0.15, 0.2) is 0 Å². The van der Waals surface area contributed by atoms with E-state index in [4.69, 9.17) is 16.3 Å². The van der Waals surface area contributed by atoms with Crippen LogP contribution in [0.4, 0.5) is 0 Å². The SMILES string of the molecule is CCn1ncc(Cl)c1C(=O)C(C)(CC)OC. The second-order valence-corrected chi connectivity index (χ2v) is 4.18. The van der Waals surface area contributed by atoms with Gasteiger partial charge < -0.3 is 4.74 Å². The minimum absolute atomic E-state index is 0.123. The first-order valence-corrected chi connectivity index (χ1v) is 5.69. The zero-order valence-corrected chi connectivity index (χ0v) is 10.8. The lowest BCUT2D eigenvalue weighted by Crippen LogP contribution is -2.38. The molecule has 0 amide bonds. The predicted molar refractivity (Wildman–Crippen MR) is 62.9 cm³/mol. The van der Waals surface area contributed by atoms with Crippen LogP contribution in [0.25, 0.3) is 0 Å². The number of ether oxygens (including phenoxy) is 1. The van der Waals surface area contributed by atoms with E-state index in [9.17, 15) is 4.79 Å². The van der Waals surface area contributed by atoms with Crippen LogP contribution < -0.4 is 0 Å². The first-order chi connectivity index (χ1) is 7.50. The Balaban J connectivity index is 3.18. The molecule has 1 aromatic heterocycles. The van der Waals surface area contributed by atoms with E-state index in [1.807, 2.05) is 13.8 Å². The van der Waals surface area contributed by atoms with Crippen LogP contribution in [0.3, 0.4) is 0 Å². The Kier molecular flexibility index (Phi) is 4.10. The molecule has 4 nitrogen and oxygen atoms in total. The van der Waals surface area contributed by atoms with Crippen LogP contribution in [-0.4, -0.2) is 28.3 Å². The third-order valence-electron chi connectivity index (χ3n) is 2.91. The molecule has 0 aliphatic heterocycles. The highest BCUT2D eigenvalue weighted by Crippen LogP contribution is 2.25. The molecule has 0 bridgehead atoms. The van der Waals surface area contributed by atoms with Crippen LogP contribution in [0, 0.1) is 0 Å². The molecule has 1 aromatic rings. The van der Waals surface area contributed by atoms with Crippen molar-refractivity contribution in [1.82, 2.24) is 9.78 Å². The molecule has 0 radical (unpaired) electrons. The average Bonchev–Trinajstić information content (AvgIpc) is 2.68. The summed E-state index contributed by atoms with van der Waals surface area (Å²) in [7, 11) is 1.53. The number of aromatic nitrogens is 2. The van der Waals surface area contributed by atoms with Crippen LogP contribution in [0.15, 0.2) is 6.20 Å². The van der Waals surface area contributed by atoms with Crippen molar-refractivity contribution in [3.8, 4) is 0 Å². The average molecular weight is 245 g/mol. The molecule has 0 aliphatic rings. The fourth-order valence-corrected chi connectivity index (χ4v) is 1.70. The Morgan fingerprint density at radius 1 is 1.62 bits per heavy atom. The van der Waals surface area contributed by atoms with Gasteiger partial charge in [-0.3, -0.25) is 9.48 Å². The third-order valence-corrected chi connectivity index (χ3v) is 3.19. The lowest BCUT2D eigenvalue weighted by molar-refractivity contribution is 0.00972. The number of Topliss-reactive ketones (excluding diaryl/α,β-unsaturated/α-hetero) is 1. The Labute approximate surface area is 101 Å². The second kappa shape index (κ2) is 4.97. The number of halogens is 1. The number of hydrogen-bond donors (Lipinski definition) is 0. The van der Waals surface area contributed by atoms with Crippen LogP contribution in [0.2, 0.25) is 5.02 Å². The minimum Gasteiger partial charge on any atom is -0.370 e. The number of carbonyl (C=O) groups excluding carboxylic acids is 1. The van der Waals surface area contributed by atoms with Crippen LogP contribution in [0.1, 0.15) is 37.7 Å². The number of methoxy groups -OCH3 is 1. The van der Waals surface area contributed by atoms with Crippen molar-refractivity contribution in [2.24, 2.45) is 0 Å². The van der Waals surface area contributed by atoms with Crippen LogP contribution >= 0.6 is 11.6 Å². The van der Waals surface area contributed by atoms with E-state index in [1.165, 1.54) is 13.3 Å². The molecule has 0 N–H and O–H groups in total. The molecule has 16 heavy (non-hydrogen) atoms. The van der Waals surface area contributed by atoms with E-state index in [0.717, 1.165) is 0 Å². The number of ketones is 1. The van der Waals surface area contributed by atoms with E-state index in [-0.39, 0.29) is 5.78 Å². The quantitative estimate of drug-likeness (QED) is 0.748. The highest BCUT2D eigenvalue weighted by molar-refractivity contribution is 6.34. The molecule has 5 heteroatoms. The van der Waals surface area contributed by atoms with E-state index in [1.54, 1.807) is 11.6 Å². The lowest BCUT2D eigenvalue weighted by atomic mass is 9.95. The summed E-state index contributed by atoms with van der Waals surface area (Å²) < 4.78 is 6.87. The Morgan fingerprint density at radius 3 is 2.69 bits per heavy atom. The van der Waals surface area contributed by atoms with Crippen molar-refractivity contribution in [2.45, 2.75) is 39.3 Å². The normalized spacial score (nSPS) is 14.8. The van der Waals surface area contributed by atoms with Crippen LogP contribution in [-0.2, 0) is 11.3 Å². The van der Waals surface area contributed by atoms with Gasteiger partial charge in [0.25, 0.3) is 0 Å². The molecule has 1 unspecified atom stereocenters. The van der Waals surface area contributed by atoms with Gasteiger partial charge >= 0.3 is 0 Å². The van der Waals surface area contributed by atoms with Gasteiger partial charge in [0, 0.05) is 13.7 Å². The van der Waals surface area contributed by atoms with Gasteiger partial charge in [0.1, 0.15) is 11.3 Å². The van der Waals surface area contributed by atoms with E-state index < -0.39 is 5.60 Å². The summed E-state index contributed by atoms with van der Waals surface area (Å²) in [6, 6.07) is 0. The van der Waals surface area contributed by atoms with Crippen molar-refractivity contribution in [3.63, 3.8) is 0 Å². The summed E-state index contributed by atoms with van der Waals surface area (Å²) >= 11 is 5.98. The van der Waals surface area contributed by atoms with E-state index in [2.05, 4.69) is 5.10 Å². The summed E-state index contributed by atoms with van der Waals surface area (Å²) in [6.07, 6.45) is 2.08. The number of aryl methyl sites for hydroxylation is 1. The van der Waals surface area contributed by atoms with Crippen molar-refractivity contribution < 1.29 is 9.53 Å². The Bertz CT molecular complexity index is 383. The van der Waals surface area contributed by atoms with Crippen molar-refractivity contribution in [1.29, 1.82) is 0 Å². The van der Waals surface area contributed by atoms with Crippen molar-refractivity contribution in [3.05, 3.63) is 16.9 Å². The molecule has 0 saturated carbocycles. The molecular weight excluding hydrogens is 228 g/mol. The predicted octanol–water partition coefficient (Wildman–Crippen LogP) is 2.55. The first kappa shape index (κ1) is 13.2. The molecule has 0 fully saturated rings. The van der Waals surface area contributed by atoms with Gasteiger partial charge in [0.05, 0.1) is 11.2 Å².